The van der Waals surface area contributed by atoms with E-state index in [1.165, 1.54) is 0 Å². The molecular formula is C6H9F3O4S. The Morgan fingerprint density at radius 1 is 1.50 bits per heavy atom. The molecule has 0 aromatic rings. The van der Waals surface area contributed by atoms with Gasteiger partial charge in [0.05, 0.1) is 0 Å². The first-order chi connectivity index (χ1) is 6.09. The van der Waals surface area contributed by atoms with Gasteiger partial charge in [0.15, 0.2) is 0 Å². The van der Waals surface area contributed by atoms with Crippen LogP contribution in [-0.4, -0.2) is 38.7 Å². The van der Waals surface area contributed by atoms with Crippen LogP contribution in [0.25, 0.3) is 0 Å². The van der Waals surface area contributed by atoms with Crippen LogP contribution in [0.5, 0.6) is 0 Å². The highest BCUT2D eigenvalue weighted by atomic mass is 32.2. The van der Waals surface area contributed by atoms with Gasteiger partial charge in [0, 0.05) is 13.2 Å². The predicted octanol–water partition coefficient (Wildman–Crippen LogP) is 0.525. The average Bonchev–Trinajstić information content (AvgIpc) is 1.97. The first-order valence-corrected chi connectivity index (χ1v) is 5.33. The molecule has 1 atom stereocenters. The number of carbonyl (C=O) groups excluding carboxylic acids is 1. The molecule has 0 saturated carbocycles. The predicted molar refractivity (Wildman–Crippen MR) is 41.3 cm³/mol. The molecule has 0 spiro atoms. The maximum Gasteiger partial charge on any atom is 0.378 e. The van der Waals surface area contributed by atoms with Crippen LogP contribution in [0.4, 0.5) is 13.2 Å². The van der Waals surface area contributed by atoms with E-state index in [0.717, 1.165) is 6.92 Å². The van der Waals surface area contributed by atoms with Gasteiger partial charge in [0.1, 0.15) is 6.61 Å². The highest BCUT2D eigenvalue weighted by Crippen LogP contribution is 2.27. The number of carbonyl (C=O) groups is 1. The summed E-state index contributed by atoms with van der Waals surface area (Å²) in [5, 5.41) is -4.54. The number of hydrogen-bond donors (Lipinski definition) is 0. The summed E-state index contributed by atoms with van der Waals surface area (Å²) in [4.78, 5) is 10.1. The van der Waals surface area contributed by atoms with Crippen molar-refractivity contribution in [3.63, 3.8) is 0 Å². The molecule has 0 aliphatic carbocycles. The quantitative estimate of drug-likeness (QED) is 0.665. The topological polar surface area (TPSA) is 60.4 Å². The van der Waals surface area contributed by atoms with Crippen LogP contribution in [0.3, 0.4) is 0 Å². The van der Waals surface area contributed by atoms with Crippen molar-refractivity contribution < 1.29 is 31.1 Å². The summed E-state index contributed by atoms with van der Waals surface area (Å²) in [6.45, 7) is -0.388. The Hall–Kier alpha value is -0.790. The number of halogens is 3. The Kier molecular flexibility index (Phi) is 3.92. The van der Waals surface area contributed by atoms with Crippen LogP contribution in [0.15, 0.2) is 0 Å². The van der Waals surface area contributed by atoms with Crippen molar-refractivity contribution in [3.05, 3.63) is 0 Å². The molecule has 0 aromatic heterocycles. The van der Waals surface area contributed by atoms with Crippen LogP contribution < -0.4 is 0 Å². The molecule has 0 aliphatic heterocycles. The van der Waals surface area contributed by atoms with Gasteiger partial charge in [-0.25, -0.2) is 12.8 Å². The third-order valence-corrected chi connectivity index (χ3v) is 2.54. The number of sulfone groups is 1. The van der Waals surface area contributed by atoms with Gasteiger partial charge in [-0.1, -0.05) is 0 Å². The van der Waals surface area contributed by atoms with E-state index in [0.29, 0.717) is 0 Å². The molecule has 14 heavy (non-hydrogen) atoms. The second-order valence-corrected chi connectivity index (χ2v) is 4.69. The summed E-state index contributed by atoms with van der Waals surface area (Å²) in [6.07, 6.45) is -2.85. The fourth-order valence-electron chi connectivity index (χ4n) is 0.520. The molecule has 0 radical (unpaired) electrons. The number of ether oxygens (including phenoxy) is 1. The highest BCUT2D eigenvalue weighted by Gasteiger charge is 2.50. The fourth-order valence-corrected chi connectivity index (χ4v) is 1.05. The molecule has 0 rings (SSSR count). The summed E-state index contributed by atoms with van der Waals surface area (Å²) in [5.74, 6) is -0.961. The van der Waals surface area contributed by atoms with E-state index < -0.39 is 33.8 Å². The molecule has 4 nitrogen and oxygen atoms in total. The lowest BCUT2D eigenvalue weighted by Gasteiger charge is -2.17. The minimum Gasteiger partial charge on any atom is -0.462 e. The van der Waals surface area contributed by atoms with Crippen molar-refractivity contribution in [2.45, 2.75) is 18.3 Å². The van der Waals surface area contributed by atoms with Gasteiger partial charge >= 0.3 is 11.2 Å². The molecule has 1 unspecified atom stereocenters. The SMILES string of the molecule is CC(=O)OCC(F)C(F)(F)S(C)(=O)=O. The fraction of sp³-hybridized carbons (Fsp3) is 0.833. The lowest BCUT2D eigenvalue weighted by molar-refractivity contribution is -0.145. The summed E-state index contributed by atoms with van der Waals surface area (Å²) < 4.78 is 62.6. The minimum absolute atomic E-state index is 0.202. The molecule has 0 saturated heterocycles. The van der Waals surface area contributed by atoms with Crippen LogP contribution in [0, 0.1) is 0 Å². The van der Waals surface area contributed by atoms with E-state index in [4.69, 9.17) is 0 Å². The summed E-state index contributed by atoms with van der Waals surface area (Å²) in [5.41, 5.74) is 0. The third-order valence-electron chi connectivity index (χ3n) is 1.29. The zero-order valence-electron chi connectivity index (χ0n) is 7.46. The van der Waals surface area contributed by atoms with Gasteiger partial charge in [-0.3, -0.25) is 4.79 Å². The maximum atomic E-state index is 12.6. The standard InChI is InChI=1S/C6H9F3O4S/c1-4(10)13-3-5(7)6(8,9)14(2,11)12/h5H,3H2,1-2H3. The number of esters is 1. The lowest BCUT2D eigenvalue weighted by atomic mass is 10.4. The van der Waals surface area contributed by atoms with Crippen LogP contribution in [0.2, 0.25) is 0 Å². The monoisotopic (exact) mass is 234 g/mol. The van der Waals surface area contributed by atoms with Crippen molar-refractivity contribution in [1.29, 1.82) is 0 Å². The molecule has 0 aliphatic rings. The van der Waals surface area contributed by atoms with E-state index >= 15 is 0 Å². The number of rotatable bonds is 4. The van der Waals surface area contributed by atoms with E-state index in [1.807, 2.05) is 0 Å². The minimum atomic E-state index is -4.85. The number of hydrogen-bond acceptors (Lipinski definition) is 4. The first-order valence-electron chi connectivity index (χ1n) is 3.44. The van der Waals surface area contributed by atoms with E-state index in [-0.39, 0.29) is 6.26 Å². The zero-order chi connectivity index (χ0) is 11.6. The maximum absolute atomic E-state index is 12.6. The van der Waals surface area contributed by atoms with E-state index in [9.17, 15) is 26.4 Å². The van der Waals surface area contributed by atoms with Crippen molar-refractivity contribution in [3.8, 4) is 0 Å². The van der Waals surface area contributed by atoms with Gasteiger partial charge in [-0.15, -0.1) is 0 Å². The van der Waals surface area contributed by atoms with Gasteiger partial charge in [0.25, 0.3) is 0 Å². The molecule has 0 fully saturated rings. The van der Waals surface area contributed by atoms with Crippen molar-refractivity contribution in [1.82, 2.24) is 0 Å². The normalized spacial score (nSPS) is 14.9. The van der Waals surface area contributed by atoms with Gasteiger partial charge < -0.3 is 4.74 Å². The second-order valence-electron chi connectivity index (χ2n) is 2.60. The molecular weight excluding hydrogens is 225 g/mol. The third kappa shape index (κ3) is 3.17. The van der Waals surface area contributed by atoms with Crippen LogP contribution in [0.1, 0.15) is 6.92 Å². The summed E-state index contributed by atoms with van der Waals surface area (Å²) in [6, 6.07) is 0. The Morgan fingerprint density at radius 2 is 1.93 bits per heavy atom. The zero-order valence-corrected chi connectivity index (χ0v) is 8.28. The molecule has 0 aromatic carbocycles. The van der Waals surface area contributed by atoms with Crippen molar-refractivity contribution >= 4 is 15.8 Å². The van der Waals surface area contributed by atoms with E-state index in [2.05, 4.69) is 4.74 Å². The smallest absolute Gasteiger partial charge is 0.378 e. The highest BCUT2D eigenvalue weighted by molar-refractivity contribution is 7.91. The van der Waals surface area contributed by atoms with E-state index in [1.54, 1.807) is 0 Å². The molecule has 84 valence electrons. The summed E-state index contributed by atoms with van der Waals surface area (Å²) in [7, 11) is -4.85. The largest absolute Gasteiger partial charge is 0.462 e. The van der Waals surface area contributed by atoms with Gasteiger partial charge in [-0.2, -0.15) is 8.78 Å². The Labute approximate surface area is 79.0 Å². The molecule has 0 N–H and O–H groups in total. The van der Waals surface area contributed by atoms with Crippen LogP contribution in [-0.2, 0) is 19.4 Å². The molecule has 8 heteroatoms. The lowest BCUT2D eigenvalue weighted by Crippen LogP contribution is -2.41. The Balaban J connectivity index is 4.52. The molecule has 0 amide bonds. The van der Waals surface area contributed by atoms with Gasteiger partial charge in [0.2, 0.25) is 16.0 Å². The first kappa shape index (κ1) is 13.2. The summed E-state index contributed by atoms with van der Waals surface area (Å²) >= 11 is 0. The number of alkyl halides is 3. The van der Waals surface area contributed by atoms with Gasteiger partial charge in [-0.05, 0) is 0 Å². The second kappa shape index (κ2) is 4.16. The Bertz CT molecular complexity index is 311. The van der Waals surface area contributed by atoms with Crippen molar-refractivity contribution in [2.24, 2.45) is 0 Å². The molecule has 0 bridgehead atoms. The Morgan fingerprint density at radius 3 is 2.21 bits per heavy atom. The molecule has 0 heterocycles. The van der Waals surface area contributed by atoms with Crippen molar-refractivity contribution in [2.75, 3.05) is 12.9 Å². The van der Waals surface area contributed by atoms with Crippen LogP contribution >= 0.6 is 0 Å². The average molecular weight is 234 g/mol.